The third kappa shape index (κ3) is 5.77. The molecular formula is C23H23ClN2O4S. The average molecular weight is 459 g/mol. The first-order valence-electron chi connectivity index (χ1n) is 9.53. The number of hydrogen-bond acceptors (Lipinski definition) is 4. The molecule has 0 spiro atoms. The quantitative estimate of drug-likeness (QED) is 0.516. The normalized spacial score (nSPS) is 11.1. The highest BCUT2D eigenvalue weighted by molar-refractivity contribution is 7.92. The molecule has 2 N–H and O–H groups in total. The molecule has 3 aromatic carbocycles. The number of halogens is 1. The molecule has 0 heterocycles. The Hall–Kier alpha value is -3.03. The third-order valence-corrected chi connectivity index (χ3v) is 6.45. The van der Waals surface area contributed by atoms with E-state index in [0.717, 1.165) is 16.7 Å². The molecule has 0 radical (unpaired) electrons. The van der Waals surface area contributed by atoms with Gasteiger partial charge in [-0.25, -0.2) is 8.42 Å². The molecule has 31 heavy (non-hydrogen) atoms. The Balaban J connectivity index is 1.62. The van der Waals surface area contributed by atoms with Crippen LogP contribution in [0, 0.1) is 20.8 Å². The fourth-order valence-electron chi connectivity index (χ4n) is 2.94. The first kappa shape index (κ1) is 22.7. The Morgan fingerprint density at radius 1 is 0.935 bits per heavy atom. The van der Waals surface area contributed by atoms with Crippen molar-refractivity contribution >= 4 is 38.9 Å². The number of carbonyl (C=O) groups is 1. The number of sulfonamides is 1. The van der Waals surface area contributed by atoms with Crippen LogP contribution in [-0.4, -0.2) is 20.9 Å². The fraction of sp³-hybridized carbons (Fsp3) is 0.174. The van der Waals surface area contributed by atoms with Gasteiger partial charge in [0.2, 0.25) is 0 Å². The number of aryl methyl sites for hydroxylation is 3. The lowest BCUT2D eigenvalue weighted by molar-refractivity contribution is -0.118. The van der Waals surface area contributed by atoms with E-state index >= 15 is 0 Å². The summed E-state index contributed by atoms with van der Waals surface area (Å²) in [6.45, 7) is 5.35. The number of hydrogen-bond donors (Lipinski definition) is 2. The molecule has 0 aliphatic rings. The van der Waals surface area contributed by atoms with Crippen LogP contribution in [0.25, 0.3) is 0 Å². The van der Waals surface area contributed by atoms with E-state index in [-0.39, 0.29) is 17.4 Å². The number of amides is 1. The van der Waals surface area contributed by atoms with Gasteiger partial charge in [-0.15, -0.1) is 0 Å². The maximum atomic E-state index is 12.7. The number of nitrogens with one attached hydrogen (secondary N) is 2. The van der Waals surface area contributed by atoms with Crippen LogP contribution in [0.1, 0.15) is 16.7 Å². The SMILES string of the molecule is Cc1cc(OCC(=O)Nc2ccc(S(=O)(=O)Nc3c(C)cccc3C)cc2)ccc1Cl. The summed E-state index contributed by atoms with van der Waals surface area (Å²) in [5.74, 6) is 0.174. The van der Waals surface area contributed by atoms with E-state index < -0.39 is 10.0 Å². The second kappa shape index (κ2) is 9.41. The van der Waals surface area contributed by atoms with Crippen LogP contribution in [0.4, 0.5) is 11.4 Å². The van der Waals surface area contributed by atoms with Gasteiger partial charge in [-0.05, 0) is 79.9 Å². The average Bonchev–Trinajstić information content (AvgIpc) is 2.72. The van der Waals surface area contributed by atoms with Crippen LogP contribution in [0.2, 0.25) is 5.02 Å². The van der Waals surface area contributed by atoms with Gasteiger partial charge in [-0.1, -0.05) is 29.8 Å². The van der Waals surface area contributed by atoms with Gasteiger partial charge >= 0.3 is 0 Å². The van der Waals surface area contributed by atoms with Gasteiger partial charge in [-0.3, -0.25) is 9.52 Å². The monoisotopic (exact) mass is 458 g/mol. The number of para-hydroxylation sites is 1. The molecule has 0 aliphatic carbocycles. The smallest absolute Gasteiger partial charge is 0.262 e. The number of anilines is 2. The summed E-state index contributed by atoms with van der Waals surface area (Å²) >= 11 is 5.97. The van der Waals surface area contributed by atoms with E-state index in [0.29, 0.717) is 22.1 Å². The maximum Gasteiger partial charge on any atom is 0.262 e. The highest BCUT2D eigenvalue weighted by atomic mass is 35.5. The van der Waals surface area contributed by atoms with Gasteiger partial charge in [0.25, 0.3) is 15.9 Å². The van der Waals surface area contributed by atoms with Crippen LogP contribution in [0.15, 0.2) is 65.6 Å². The Morgan fingerprint density at radius 3 is 2.19 bits per heavy atom. The van der Waals surface area contributed by atoms with Crippen molar-refractivity contribution in [3.63, 3.8) is 0 Å². The largest absolute Gasteiger partial charge is 0.484 e. The summed E-state index contributed by atoms with van der Waals surface area (Å²) in [6.07, 6.45) is 0. The van der Waals surface area contributed by atoms with Crippen molar-refractivity contribution in [2.75, 3.05) is 16.6 Å². The van der Waals surface area contributed by atoms with Crippen LogP contribution in [-0.2, 0) is 14.8 Å². The predicted octanol–water partition coefficient (Wildman–Crippen LogP) is 5.08. The molecule has 162 valence electrons. The zero-order valence-electron chi connectivity index (χ0n) is 17.4. The van der Waals surface area contributed by atoms with Crippen LogP contribution >= 0.6 is 11.6 Å². The Morgan fingerprint density at radius 2 is 1.58 bits per heavy atom. The Kier molecular flexibility index (Phi) is 6.87. The third-order valence-electron chi connectivity index (χ3n) is 4.67. The van der Waals surface area contributed by atoms with Gasteiger partial charge in [0.05, 0.1) is 10.6 Å². The number of rotatable bonds is 7. The zero-order chi connectivity index (χ0) is 22.6. The fourth-order valence-corrected chi connectivity index (χ4v) is 4.26. The molecule has 8 heteroatoms. The van der Waals surface area contributed by atoms with Crippen LogP contribution in [0.3, 0.4) is 0 Å². The summed E-state index contributed by atoms with van der Waals surface area (Å²) < 4.78 is 33.5. The lowest BCUT2D eigenvalue weighted by atomic mass is 10.1. The molecule has 3 rings (SSSR count). The summed E-state index contributed by atoms with van der Waals surface area (Å²) in [6, 6.07) is 16.6. The minimum Gasteiger partial charge on any atom is -0.484 e. The molecule has 0 bridgehead atoms. The Labute approximate surface area is 187 Å². The van der Waals surface area contributed by atoms with E-state index in [1.54, 1.807) is 18.2 Å². The number of carbonyl (C=O) groups excluding carboxylic acids is 1. The van der Waals surface area contributed by atoms with Crippen molar-refractivity contribution in [3.05, 3.63) is 82.4 Å². The number of ether oxygens (including phenoxy) is 1. The van der Waals surface area contributed by atoms with Crippen LogP contribution in [0.5, 0.6) is 5.75 Å². The first-order valence-corrected chi connectivity index (χ1v) is 11.4. The molecule has 3 aromatic rings. The van der Waals surface area contributed by atoms with Gasteiger partial charge in [0, 0.05) is 10.7 Å². The lowest BCUT2D eigenvalue weighted by Crippen LogP contribution is -2.20. The molecule has 1 amide bonds. The Bertz CT molecular complexity index is 1190. The van der Waals surface area contributed by atoms with Crippen molar-refractivity contribution in [1.82, 2.24) is 0 Å². The standard InChI is InChI=1S/C23H23ClN2O4S/c1-15-5-4-6-16(2)23(15)26-31(28,29)20-10-7-18(8-11-20)25-22(27)14-30-19-9-12-21(24)17(3)13-19/h4-13,26H,14H2,1-3H3,(H,25,27). The van der Waals surface area contributed by atoms with Crippen molar-refractivity contribution in [3.8, 4) is 5.75 Å². The predicted molar refractivity (Wildman–Crippen MR) is 123 cm³/mol. The molecule has 0 aliphatic heterocycles. The number of benzene rings is 3. The molecule has 0 atom stereocenters. The van der Waals surface area contributed by atoms with Gasteiger partial charge in [0.1, 0.15) is 5.75 Å². The maximum absolute atomic E-state index is 12.7. The van der Waals surface area contributed by atoms with Gasteiger partial charge < -0.3 is 10.1 Å². The second-order valence-electron chi connectivity index (χ2n) is 7.14. The highest BCUT2D eigenvalue weighted by Crippen LogP contribution is 2.24. The van der Waals surface area contributed by atoms with E-state index in [1.807, 2.05) is 39.0 Å². The van der Waals surface area contributed by atoms with Crippen molar-refractivity contribution in [2.45, 2.75) is 25.7 Å². The summed E-state index contributed by atoms with van der Waals surface area (Å²) in [4.78, 5) is 12.2. The molecule has 0 saturated carbocycles. The summed E-state index contributed by atoms with van der Waals surface area (Å²) in [5.41, 5.74) is 3.55. The molecule has 0 aromatic heterocycles. The second-order valence-corrected chi connectivity index (χ2v) is 9.23. The molecule has 6 nitrogen and oxygen atoms in total. The molecule has 0 unspecified atom stereocenters. The highest BCUT2D eigenvalue weighted by Gasteiger charge is 2.16. The van der Waals surface area contributed by atoms with Gasteiger partial charge in [0.15, 0.2) is 6.61 Å². The minimum absolute atomic E-state index is 0.0982. The van der Waals surface area contributed by atoms with Crippen molar-refractivity contribution < 1.29 is 17.9 Å². The van der Waals surface area contributed by atoms with E-state index in [1.165, 1.54) is 24.3 Å². The van der Waals surface area contributed by atoms with E-state index in [4.69, 9.17) is 16.3 Å². The molecular weight excluding hydrogens is 436 g/mol. The zero-order valence-corrected chi connectivity index (χ0v) is 19.0. The summed E-state index contributed by atoms with van der Waals surface area (Å²) in [5, 5.41) is 3.30. The lowest BCUT2D eigenvalue weighted by Gasteiger charge is -2.13. The van der Waals surface area contributed by atoms with Crippen molar-refractivity contribution in [1.29, 1.82) is 0 Å². The first-order chi connectivity index (χ1) is 14.7. The van der Waals surface area contributed by atoms with Crippen LogP contribution < -0.4 is 14.8 Å². The van der Waals surface area contributed by atoms with E-state index in [2.05, 4.69) is 10.0 Å². The summed E-state index contributed by atoms with van der Waals surface area (Å²) in [7, 11) is -3.76. The van der Waals surface area contributed by atoms with Crippen molar-refractivity contribution in [2.24, 2.45) is 0 Å². The van der Waals surface area contributed by atoms with E-state index in [9.17, 15) is 13.2 Å². The molecule has 0 saturated heterocycles. The minimum atomic E-state index is -3.76. The topological polar surface area (TPSA) is 84.5 Å². The molecule has 0 fully saturated rings. The van der Waals surface area contributed by atoms with Gasteiger partial charge in [-0.2, -0.15) is 0 Å².